The fourth-order valence-corrected chi connectivity index (χ4v) is 2.79. The van der Waals surface area contributed by atoms with Gasteiger partial charge < -0.3 is 14.4 Å². The lowest BCUT2D eigenvalue weighted by atomic mass is 9.93. The van der Waals surface area contributed by atoms with Gasteiger partial charge in [-0.25, -0.2) is 0 Å². The van der Waals surface area contributed by atoms with E-state index in [0.29, 0.717) is 13.1 Å². The van der Waals surface area contributed by atoms with Crippen LogP contribution in [0.1, 0.15) is 53.2 Å². The summed E-state index contributed by atoms with van der Waals surface area (Å²) in [5.41, 5.74) is 0.399. The number of rotatable bonds is 10. The number of alkyl halides is 1. The third-order valence-electron chi connectivity index (χ3n) is 4.64. The summed E-state index contributed by atoms with van der Waals surface area (Å²) >= 11 is 5.97. The molecule has 0 N–H and O–H groups in total. The first-order valence-electron chi connectivity index (χ1n) is 9.39. The topological polar surface area (TPSA) is 45.6 Å². The fraction of sp³-hybridized carbons (Fsp3) is 0.700. The molecule has 0 aliphatic heterocycles. The van der Waals surface area contributed by atoms with Gasteiger partial charge in [0.1, 0.15) is 6.54 Å². The van der Waals surface area contributed by atoms with E-state index >= 15 is 0 Å². The standard InChI is InChI=1S/C20H34ClN3O2/c1-7-8-12-23(13-17-10-9-11-22(17)6)18(25)14-24(16(2)3)19(26)20(4,5)15-21/h9-11,16H,7-8,12-15H2,1-6H3. The Morgan fingerprint density at radius 3 is 2.42 bits per heavy atom. The highest BCUT2D eigenvalue weighted by Gasteiger charge is 2.34. The van der Waals surface area contributed by atoms with E-state index in [1.54, 1.807) is 4.90 Å². The SMILES string of the molecule is CCCCN(Cc1cccn1C)C(=O)CN(C(=O)C(C)(C)CCl)C(C)C. The molecule has 0 bridgehead atoms. The molecule has 2 amide bonds. The zero-order valence-electron chi connectivity index (χ0n) is 17.1. The first-order chi connectivity index (χ1) is 12.1. The second-order valence-electron chi connectivity index (χ2n) is 7.82. The largest absolute Gasteiger partial charge is 0.353 e. The molecule has 148 valence electrons. The Bertz CT molecular complexity index is 596. The highest BCUT2D eigenvalue weighted by Crippen LogP contribution is 2.22. The Kier molecular flexibility index (Phi) is 8.68. The average Bonchev–Trinajstić information content (AvgIpc) is 2.99. The summed E-state index contributed by atoms with van der Waals surface area (Å²) in [4.78, 5) is 29.4. The van der Waals surface area contributed by atoms with Crippen LogP contribution in [0.4, 0.5) is 0 Å². The first kappa shape index (κ1) is 22.6. The molecule has 0 saturated carbocycles. The minimum absolute atomic E-state index is 0.0212. The Morgan fingerprint density at radius 1 is 1.31 bits per heavy atom. The number of halogens is 1. The van der Waals surface area contributed by atoms with Gasteiger partial charge in [-0.2, -0.15) is 0 Å². The zero-order valence-corrected chi connectivity index (χ0v) is 17.8. The van der Waals surface area contributed by atoms with E-state index < -0.39 is 5.41 Å². The Morgan fingerprint density at radius 2 is 1.96 bits per heavy atom. The van der Waals surface area contributed by atoms with E-state index in [4.69, 9.17) is 11.6 Å². The molecule has 0 spiro atoms. The molecule has 0 atom stereocenters. The molecule has 5 nitrogen and oxygen atoms in total. The van der Waals surface area contributed by atoms with E-state index in [1.165, 1.54) is 0 Å². The summed E-state index contributed by atoms with van der Waals surface area (Å²) < 4.78 is 2.02. The van der Waals surface area contributed by atoms with Crippen molar-refractivity contribution < 1.29 is 9.59 Å². The molecule has 0 aromatic carbocycles. The van der Waals surface area contributed by atoms with Crippen LogP contribution in [0.15, 0.2) is 18.3 Å². The molecule has 6 heteroatoms. The van der Waals surface area contributed by atoms with Crippen molar-refractivity contribution in [1.29, 1.82) is 0 Å². The van der Waals surface area contributed by atoms with Crippen LogP contribution in [0.25, 0.3) is 0 Å². The van der Waals surface area contributed by atoms with Crippen LogP contribution in [0.5, 0.6) is 0 Å². The Hall–Kier alpha value is -1.49. The molecule has 0 unspecified atom stereocenters. The minimum Gasteiger partial charge on any atom is -0.353 e. The lowest BCUT2D eigenvalue weighted by Gasteiger charge is -2.35. The maximum Gasteiger partial charge on any atom is 0.242 e. The van der Waals surface area contributed by atoms with Crippen LogP contribution in [0, 0.1) is 5.41 Å². The lowest BCUT2D eigenvalue weighted by Crippen LogP contribution is -2.50. The molecule has 0 fully saturated rings. The third kappa shape index (κ3) is 6.04. The van der Waals surface area contributed by atoms with Gasteiger partial charge in [0.05, 0.1) is 12.0 Å². The third-order valence-corrected chi connectivity index (χ3v) is 5.31. The van der Waals surface area contributed by atoms with Crippen LogP contribution in [-0.4, -0.2) is 51.2 Å². The van der Waals surface area contributed by atoms with E-state index in [-0.39, 0.29) is 30.3 Å². The second kappa shape index (κ2) is 10.0. The van der Waals surface area contributed by atoms with Crippen LogP contribution in [-0.2, 0) is 23.2 Å². The van der Waals surface area contributed by atoms with Gasteiger partial charge in [0.2, 0.25) is 11.8 Å². The molecule has 1 rings (SSSR count). The van der Waals surface area contributed by atoms with Gasteiger partial charge in [0, 0.05) is 37.4 Å². The molecule has 0 radical (unpaired) electrons. The van der Waals surface area contributed by atoms with Crippen molar-refractivity contribution in [2.45, 2.75) is 60.0 Å². The number of unbranched alkanes of at least 4 members (excludes halogenated alkanes) is 1. The van der Waals surface area contributed by atoms with E-state index in [1.807, 2.05) is 62.5 Å². The second-order valence-corrected chi connectivity index (χ2v) is 8.09. The fourth-order valence-electron chi connectivity index (χ4n) is 2.68. The molecule has 26 heavy (non-hydrogen) atoms. The lowest BCUT2D eigenvalue weighted by molar-refractivity contribution is -0.147. The number of hydrogen-bond acceptors (Lipinski definition) is 2. The van der Waals surface area contributed by atoms with Crippen LogP contribution in [0.3, 0.4) is 0 Å². The van der Waals surface area contributed by atoms with E-state index in [9.17, 15) is 9.59 Å². The summed E-state index contributed by atoms with van der Waals surface area (Å²) in [5, 5.41) is 0. The molecule has 1 aromatic heterocycles. The van der Waals surface area contributed by atoms with Gasteiger partial charge in [-0.1, -0.05) is 13.3 Å². The van der Waals surface area contributed by atoms with Crippen molar-refractivity contribution >= 4 is 23.4 Å². The molecule has 0 aliphatic rings. The molecule has 0 aliphatic carbocycles. The summed E-state index contributed by atoms with van der Waals surface area (Å²) in [6.07, 6.45) is 3.94. The number of carbonyl (C=O) groups is 2. The van der Waals surface area contributed by atoms with Gasteiger partial charge >= 0.3 is 0 Å². The predicted octanol–water partition coefficient (Wildman–Crippen LogP) is 3.66. The number of carbonyl (C=O) groups excluding carboxylic acids is 2. The van der Waals surface area contributed by atoms with Gasteiger partial charge in [-0.3, -0.25) is 9.59 Å². The first-order valence-corrected chi connectivity index (χ1v) is 9.92. The van der Waals surface area contributed by atoms with Gasteiger partial charge in [-0.05, 0) is 46.2 Å². The van der Waals surface area contributed by atoms with Crippen molar-refractivity contribution in [3.63, 3.8) is 0 Å². The van der Waals surface area contributed by atoms with Crippen molar-refractivity contribution in [2.75, 3.05) is 19.0 Å². The molecule has 1 aromatic rings. The number of hydrogen-bond donors (Lipinski definition) is 0. The number of nitrogens with zero attached hydrogens (tertiary/aromatic N) is 3. The highest BCUT2D eigenvalue weighted by atomic mass is 35.5. The van der Waals surface area contributed by atoms with Crippen molar-refractivity contribution in [3.05, 3.63) is 24.0 Å². The van der Waals surface area contributed by atoms with E-state index in [0.717, 1.165) is 18.5 Å². The molecular weight excluding hydrogens is 350 g/mol. The van der Waals surface area contributed by atoms with Gasteiger partial charge in [0.15, 0.2) is 0 Å². The maximum atomic E-state index is 13.0. The number of aromatic nitrogens is 1. The molecular formula is C20H34ClN3O2. The monoisotopic (exact) mass is 383 g/mol. The minimum atomic E-state index is -0.682. The quantitative estimate of drug-likeness (QED) is 0.579. The van der Waals surface area contributed by atoms with Gasteiger partial charge in [0.25, 0.3) is 0 Å². The van der Waals surface area contributed by atoms with Gasteiger partial charge in [-0.15, -0.1) is 11.6 Å². The predicted molar refractivity (Wildman–Crippen MR) is 107 cm³/mol. The Labute approximate surface area is 163 Å². The number of amides is 2. The van der Waals surface area contributed by atoms with Crippen LogP contribution < -0.4 is 0 Å². The zero-order chi connectivity index (χ0) is 19.9. The molecule has 0 saturated heterocycles. The maximum absolute atomic E-state index is 13.0. The van der Waals surface area contributed by atoms with Crippen LogP contribution >= 0.6 is 11.6 Å². The normalized spacial score (nSPS) is 11.7. The smallest absolute Gasteiger partial charge is 0.242 e. The highest BCUT2D eigenvalue weighted by molar-refractivity contribution is 6.19. The summed E-state index contributed by atoms with van der Waals surface area (Å²) in [6.45, 7) is 11.0. The average molecular weight is 384 g/mol. The van der Waals surface area contributed by atoms with Crippen molar-refractivity contribution in [3.8, 4) is 0 Å². The summed E-state index contributed by atoms with van der Waals surface area (Å²) in [7, 11) is 1.98. The molecule has 1 heterocycles. The summed E-state index contributed by atoms with van der Waals surface area (Å²) in [6, 6.07) is 3.94. The number of aryl methyl sites for hydroxylation is 1. The summed E-state index contributed by atoms with van der Waals surface area (Å²) in [5.74, 6) is 0.129. The Balaban J connectivity index is 2.94. The van der Waals surface area contributed by atoms with Crippen molar-refractivity contribution in [2.24, 2.45) is 12.5 Å². The van der Waals surface area contributed by atoms with Crippen molar-refractivity contribution in [1.82, 2.24) is 14.4 Å². The van der Waals surface area contributed by atoms with Crippen LogP contribution in [0.2, 0.25) is 0 Å². The van der Waals surface area contributed by atoms with E-state index in [2.05, 4.69) is 6.92 Å².